The van der Waals surface area contributed by atoms with Gasteiger partial charge in [0.2, 0.25) is 5.91 Å². The Kier molecular flexibility index (Phi) is 5.78. The van der Waals surface area contributed by atoms with Crippen LogP contribution in [-0.4, -0.2) is 26.4 Å². The molecule has 1 amide bonds. The molecule has 0 saturated heterocycles. The summed E-state index contributed by atoms with van der Waals surface area (Å²) in [6.07, 6.45) is 0.746. The van der Waals surface area contributed by atoms with E-state index in [2.05, 4.69) is 21.6 Å². The number of nitrogens with zero attached hydrogens (tertiary/aromatic N) is 3. The van der Waals surface area contributed by atoms with Gasteiger partial charge in [0, 0.05) is 29.1 Å². The topological polar surface area (TPSA) is 59.8 Å². The molecule has 8 heteroatoms. The second-order valence-corrected chi connectivity index (χ2v) is 7.90. The Morgan fingerprint density at radius 2 is 2.20 bits per heavy atom. The minimum Gasteiger partial charge on any atom is -0.325 e. The number of anilines is 1. The second kappa shape index (κ2) is 8.03. The molecule has 0 aliphatic heterocycles. The van der Waals surface area contributed by atoms with Crippen molar-refractivity contribution in [3.05, 3.63) is 57.0 Å². The van der Waals surface area contributed by atoms with E-state index in [9.17, 15) is 4.79 Å². The first kappa shape index (κ1) is 18.0. The van der Waals surface area contributed by atoms with Crippen LogP contribution in [0, 0.1) is 6.92 Å². The molecule has 3 rings (SSSR count). The molecule has 0 unspecified atom stereocenters. The number of amides is 1. The first-order valence-electron chi connectivity index (χ1n) is 7.62. The first-order chi connectivity index (χ1) is 12.0. The molecule has 0 saturated carbocycles. The summed E-state index contributed by atoms with van der Waals surface area (Å²) in [5.74, 6) is 1.04. The van der Waals surface area contributed by atoms with Crippen molar-refractivity contribution in [2.75, 3.05) is 11.1 Å². The minimum absolute atomic E-state index is 0.104. The van der Waals surface area contributed by atoms with Crippen molar-refractivity contribution < 1.29 is 4.79 Å². The van der Waals surface area contributed by atoms with Crippen LogP contribution in [0.25, 0.3) is 0 Å². The number of hydrogen-bond donors (Lipinski definition) is 1. The molecule has 2 heterocycles. The zero-order valence-electron chi connectivity index (χ0n) is 13.8. The number of halogens is 1. The minimum atomic E-state index is -0.104. The Bertz CT molecular complexity index is 877. The third kappa shape index (κ3) is 4.62. The summed E-state index contributed by atoms with van der Waals surface area (Å²) >= 11 is 9.13. The Morgan fingerprint density at radius 3 is 2.92 bits per heavy atom. The molecular formula is C17H17ClN4OS2. The van der Waals surface area contributed by atoms with Crippen molar-refractivity contribution in [2.45, 2.75) is 18.5 Å². The third-order valence-corrected chi connectivity index (χ3v) is 5.93. The Balaban J connectivity index is 1.57. The summed E-state index contributed by atoms with van der Waals surface area (Å²) in [4.78, 5) is 13.4. The summed E-state index contributed by atoms with van der Waals surface area (Å²) in [5, 5.41) is 14.7. The van der Waals surface area contributed by atoms with Gasteiger partial charge in [-0.25, -0.2) is 0 Å². The van der Waals surface area contributed by atoms with Gasteiger partial charge in [0.15, 0.2) is 5.16 Å². The van der Waals surface area contributed by atoms with E-state index < -0.39 is 0 Å². The molecule has 3 aromatic rings. The van der Waals surface area contributed by atoms with Crippen molar-refractivity contribution in [1.82, 2.24) is 14.8 Å². The molecule has 0 fully saturated rings. The van der Waals surface area contributed by atoms with Crippen LogP contribution in [0.15, 0.2) is 40.9 Å². The average Bonchev–Trinajstić information content (AvgIpc) is 3.21. The van der Waals surface area contributed by atoms with Crippen molar-refractivity contribution in [3.8, 4) is 0 Å². The molecule has 0 aliphatic carbocycles. The highest BCUT2D eigenvalue weighted by Crippen LogP contribution is 2.22. The number of benzene rings is 1. The summed E-state index contributed by atoms with van der Waals surface area (Å²) < 4.78 is 1.93. The number of nitrogens with one attached hydrogen (secondary N) is 1. The highest BCUT2D eigenvalue weighted by molar-refractivity contribution is 7.99. The van der Waals surface area contributed by atoms with Gasteiger partial charge in [-0.2, -0.15) is 0 Å². The van der Waals surface area contributed by atoms with E-state index >= 15 is 0 Å². The lowest BCUT2D eigenvalue weighted by Gasteiger charge is -2.07. The smallest absolute Gasteiger partial charge is 0.234 e. The number of aromatic nitrogens is 3. The van der Waals surface area contributed by atoms with E-state index in [4.69, 9.17) is 11.6 Å². The molecule has 0 spiro atoms. The van der Waals surface area contributed by atoms with E-state index in [1.54, 1.807) is 17.4 Å². The lowest BCUT2D eigenvalue weighted by atomic mass is 10.2. The maximum atomic E-state index is 12.1. The van der Waals surface area contributed by atoms with Crippen LogP contribution >= 0.6 is 34.7 Å². The number of hydrogen-bond acceptors (Lipinski definition) is 5. The third-order valence-electron chi connectivity index (χ3n) is 3.63. The van der Waals surface area contributed by atoms with Crippen molar-refractivity contribution in [2.24, 2.45) is 7.05 Å². The fraction of sp³-hybridized carbons (Fsp3) is 0.235. The number of thiophene rings is 1. The van der Waals surface area contributed by atoms with E-state index in [-0.39, 0.29) is 11.7 Å². The molecule has 130 valence electrons. The van der Waals surface area contributed by atoms with Crippen molar-refractivity contribution in [3.63, 3.8) is 0 Å². The van der Waals surface area contributed by atoms with E-state index in [0.29, 0.717) is 10.7 Å². The number of aryl methyl sites for hydroxylation is 1. The molecule has 5 nitrogen and oxygen atoms in total. The van der Waals surface area contributed by atoms with Crippen LogP contribution in [0.3, 0.4) is 0 Å². The quantitative estimate of drug-likeness (QED) is 0.640. The summed E-state index contributed by atoms with van der Waals surface area (Å²) in [6, 6.07) is 9.57. The van der Waals surface area contributed by atoms with Crippen molar-refractivity contribution >= 4 is 46.3 Å². The van der Waals surface area contributed by atoms with Crippen LogP contribution in [0.2, 0.25) is 5.02 Å². The molecule has 25 heavy (non-hydrogen) atoms. The van der Waals surface area contributed by atoms with Gasteiger partial charge in [-0.3, -0.25) is 4.79 Å². The Labute approximate surface area is 159 Å². The zero-order chi connectivity index (χ0) is 17.8. The molecule has 1 N–H and O–H groups in total. The monoisotopic (exact) mass is 392 g/mol. The molecule has 2 aromatic heterocycles. The van der Waals surface area contributed by atoms with Gasteiger partial charge >= 0.3 is 0 Å². The van der Waals surface area contributed by atoms with Crippen LogP contribution in [0.4, 0.5) is 5.69 Å². The van der Waals surface area contributed by atoms with Crippen LogP contribution in [0.5, 0.6) is 0 Å². The number of thioether (sulfide) groups is 1. The Hall–Kier alpha value is -1.83. The summed E-state index contributed by atoms with van der Waals surface area (Å²) in [6.45, 7) is 1.92. The summed E-state index contributed by atoms with van der Waals surface area (Å²) in [7, 11) is 1.92. The molecule has 0 atom stereocenters. The standard InChI is InChI=1S/C17H17ClN4OS2/c1-11-5-6-12(8-14(11)18)19-16(23)10-25-17-21-20-15(22(17)2)9-13-4-3-7-24-13/h3-8H,9-10H2,1-2H3,(H,19,23). The van der Waals surface area contributed by atoms with Crippen LogP contribution in [-0.2, 0) is 18.3 Å². The van der Waals surface area contributed by atoms with Gasteiger partial charge in [0.05, 0.1) is 5.75 Å². The van der Waals surface area contributed by atoms with Gasteiger partial charge in [0.25, 0.3) is 0 Å². The normalized spacial score (nSPS) is 10.8. The molecule has 0 aliphatic rings. The van der Waals surface area contributed by atoms with Gasteiger partial charge < -0.3 is 9.88 Å². The maximum Gasteiger partial charge on any atom is 0.234 e. The molecule has 0 bridgehead atoms. The van der Waals surface area contributed by atoms with Crippen molar-refractivity contribution in [1.29, 1.82) is 0 Å². The van der Waals surface area contributed by atoms with Gasteiger partial charge in [-0.1, -0.05) is 35.5 Å². The number of rotatable bonds is 6. The predicted molar refractivity (Wildman–Crippen MR) is 104 cm³/mol. The fourth-order valence-electron chi connectivity index (χ4n) is 2.19. The number of carbonyl (C=O) groups excluding carboxylic acids is 1. The lowest BCUT2D eigenvalue weighted by molar-refractivity contribution is -0.113. The highest BCUT2D eigenvalue weighted by Gasteiger charge is 2.12. The summed E-state index contributed by atoms with van der Waals surface area (Å²) in [5.41, 5.74) is 1.67. The van der Waals surface area contributed by atoms with E-state index in [1.165, 1.54) is 16.6 Å². The molecule has 0 radical (unpaired) electrons. The molecular weight excluding hydrogens is 376 g/mol. The van der Waals surface area contributed by atoms with Gasteiger partial charge in [-0.15, -0.1) is 21.5 Å². The van der Waals surface area contributed by atoms with Crippen LogP contribution in [0.1, 0.15) is 16.3 Å². The zero-order valence-corrected chi connectivity index (χ0v) is 16.2. The number of carbonyl (C=O) groups is 1. The van der Waals surface area contributed by atoms with Crippen LogP contribution < -0.4 is 5.32 Å². The van der Waals surface area contributed by atoms with E-state index in [0.717, 1.165) is 23.0 Å². The lowest BCUT2D eigenvalue weighted by Crippen LogP contribution is -2.14. The Morgan fingerprint density at radius 1 is 1.36 bits per heavy atom. The van der Waals surface area contributed by atoms with Gasteiger partial charge in [-0.05, 0) is 36.1 Å². The SMILES string of the molecule is Cc1ccc(NC(=O)CSc2nnc(Cc3cccs3)n2C)cc1Cl. The van der Waals surface area contributed by atoms with E-state index in [1.807, 2.05) is 42.1 Å². The first-order valence-corrected chi connectivity index (χ1v) is 9.86. The second-order valence-electron chi connectivity index (χ2n) is 5.51. The molecule has 1 aromatic carbocycles. The maximum absolute atomic E-state index is 12.1. The highest BCUT2D eigenvalue weighted by atomic mass is 35.5. The predicted octanol–water partition coefficient (Wildman–Crippen LogP) is 4.16. The largest absolute Gasteiger partial charge is 0.325 e. The fourth-order valence-corrected chi connectivity index (χ4v) is 3.80. The van der Waals surface area contributed by atoms with Gasteiger partial charge in [0.1, 0.15) is 5.82 Å². The average molecular weight is 393 g/mol.